The number of hydrogen-bond acceptors (Lipinski definition) is 3. The van der Waals surface area contributed by atoms with Crippen molar-refractivity contribution in [2.45, 2.75) is 19.5 Å². The van der Waals surface area contributed by atoms with Gasteiger partial charge in [0.15, 0.2) is 5.69 Å². The summed E-state index contributed by atoms with van der Waals surface area (Å²) in [5, 5.41) is 4.36. The van der Waals surface area contributed by atoms with Gasteiger partial charge in [-0.2, -0.15) is 5.10 Å². The third-order valence-electron chi connectivity index (χ3n) is 5.10. The molecular weight excluding hydrogens is 355 g/mol. The lowest BCUT2D eigenvalue weighted by molar-refractivity contribution is 0.0469. The molecule has 1 saturated heterocycles. The molecular formula is C22H23FN4O. The summed E-state index contributed by atoms with van der Waals surface area (Å²) in [5.74, 6) is -0.411. The van der Waals surface area contributed by atoms with Gasteiger partial charge in [0.05, 0.1) is 5.69 Å². The molecule has 1 fully saturated rings. The van der Waals surface area contributed by atoms with Crippen LogP contribution in [0.5, 0.6) is 0 Å². The minimum Gasteiger partial charge on any atom is -0.332 e. The number of carbonyl (C=O) groups excluding carboxylic acids is 1. The first kappa shape index (κ1) is 18.4. The van der Waals surface area contributed by atoms with Crippen molar-refractivity contribution in [2.24, 2.45) is 0 Å². The Morgan fingerprint density at radius 2 is 1.93 bits per heavy atom. The van der Waals surface area contributed by atoms with Crippen molar-refractivity contribution >= 4 is 5.91 Å². The van der Waals surface area contributed by atoms with Crippen LogP contribution in [-0.4, -0.2) is 51.2 Å². The van der Waals surface area contributed by atoms with Crippen molar-refractivity contribution in [3.05, 3.63) is 83.9 Å². The van der Waals surface area contributed by atoms with Crippen molar-refractivity contribution in [3.8, 4) is 5.69 Å². The molecule has 0 aliphatic carbocycles. The molecule has 2 aromatic carbocycles. The number of rotatable bonds is 4. The van der Waals surface area contributed by atoms with Gasteiger partial charge in [0.25, 0.3) is 5.91 Å². The topological polar surface area (TPSA) is 41.4 Å². The van der Waals surface area contributed by atoms with E-state index in [-0.39, 0.29) is 17.8 Å². The standard InChI is InChI=1S/C22H23FN4O/c1-17-15-25(16-18-6-3-2-4-7-18)12-13-26(17)22(28)21-10-11-27(24-21)20-9-5-8-19(23)14-20/h2-11,14,17H,12-13,15-16H2,1H3/t17-/m1/s1. The highest BCUT2D eigenvalue weighted by Gasteiger charge is 2.29. The zero-order chi connectivity index (χ0) is 19.5. The quantitative estimate of drug-likeness (QED) is 0.699. The van der Waals surface area contributed by atoms with Gasteiger partial charge < -0.3 is 4.90 Å². The fourth-order valence-corrected chi connectivity index (χ4v) is 3.67. The molecule has 3 aromatic rings. The predicted octanol–water partition coefficient (Wildman–Crippen LogP) is 3.36. The molecule has 0 bridgehead atoms. The molecule has 1 aliphatic heterocycles. The van der Waals surface area contributed by atoms with Gasteiger partial charge in [0, 0.05) is 38.4 Å². The first-order chi connectivity index (χ1) is 13.6. The van der Waals surface area contributed by atoms with Gasteiger partial charge in [-0.1, -0.05) is 36.4 Å². The molecule has 0 spiro atoms. The smallest absolute Gasteiger partial charge is 0.274 e. The summed E-state index contributed by atoms with van der Waals surface area (Å²) in [7, 11) is 0. The fraction of sp³-hybridized carbons (Fsp3) is 0.273. The van der Waals surface area contributed by atoms with Crippen molar-refractivity contribution in [1.29, 1.82) is 0 Å². The lowest BCUT2D eigenvalue weighted by Gasteiger charge is -2.39. The van der Waals surface area contributed by atoms with Gasteiger partial charge in [0.2, 0.25) is 0 Å². The van der Waals surface area contributed by atoms with E-state index in [0.29, 0.717) is 17.9 Å². The maximum atomic E-state index is 13.4. The SMILES string of the molecule is C[C@@H]1CN(Cc2ccccc2)CCN1C(=O)c1ccn(-c2cccc(F)c2)n1. The Balaban J connectivity index is 1.42. The zero-order valence-corrected chi connectivity index (χ0v) is 15.8. The van der Waals surface area contributed by atoms with Gasteiger partial charge in [-0.15, -0.1) is 0 Å². The van der Waals surface area contributed by atoms with E-state index >= 15 is 0 Å². The molecule has 6 heteroatoms. The average Bonchev–Trinajstić information content (AvgIpc) is 3.19. The number of halogens is 1. The molecule has 1 aliphatic rings. The Hall–Kier alpha value is -2.99. The van der Waals surface area contributed by atoms with Crippen LogP contribution >= 0.6 is 0 Å². The summed E-state index contributed by atoms with van der Waals surface area (Å²) in [5.41, 5.74) is 2.26. The van der Waals surface area contributed by atoms with E-state index in [1.165, 1.54) is 22.4 Å². The van der Waals surface area contributed by atoms with Crippen molar-refractivity contribution in [3.63, 3.8) is 0 Å². The van der Waals surface area contributed by atoms with Crippen molar-refractivity contribution in [2.75, 3.05) is 19.6 Å². The van der Waals surface area contributed by atoms with Crippen LogP contribution in [0.25, 0.3) is 5.69 Å². The van der Waals surface area contributed by atoms with Crippen LogP contribution in [0, 0.1) is 5.82 Å². The molecule has 2 heterocycles. The summed E-state index contributed by atoms with van der Waals surface area (Å²) in [6.45, 7) is 5.28. The maximum absolute atomic E-state index is 13.4. The number of benzene rings is 2. The van der Waals surface area contributed by atoms with E-state index in [9.17, 15) is 9.18 Å². The minimum atomic E-state index is -0.330. The van der Waals surface area contributed by atoms with E-state index in [4.69, 9.17) is 0 Å². The first-order valence-corrected chi connectivity index (χ1v) is 9.49. The number of piperazine rings is 1. The monoisotopic (exact) mass is 378 g/mol. The second-order valence-corrected chi connectivity index (χ2v) is 7.19. The van der Waals surface area contributed by atoms with Gasteiger partial charge in [0.1, 0.15) is 5.82 Å². The van der Waals surface area contributed by atoms with E-state index in [0.717, 1.165) is 19.6 Å². The Kier molecular flexibility index (Phi) is 5.21. The highest BCUT2D eigenvalue weighted by atomic mass is 19.1. The number of hydrogen-bond donors (Lipinski definition) is 0. The number of aromatic nitrogens is 2. The van der Waals surface area contributed by atoms with Crippen LogP contribution in [0.15, 0.2) is 66.9 Å². The Bertz CT molecular complexity index is 956. The summed E-state index contributed by atoms with van der Waals surface area (Å²) in [4.78, 5) is 17.2. The average molecular weight is 378 g/mol. The molecule has 1 atom stereocenters. The van der Waals surface area contributed by atoms with E-state index in [1.807, 2.05) is 23.1 Å². The summed E-state index contributed by atoms with van der Waals surface area (Å²) in [6, 6.07) is 18.3. The van der Waals surface area contributed by atoms with Gasteiger partial charge >= 0.3 is 0 Å². The third kappa shape index (κ3) is 3.97. The summed E-state index contributed by atoms with van der Waals surface area (Å²) >= 11 is 0. The molecule has 4 rings (SSSR count). The maximum Gasteiger partial charge on any atom is 0.274 e. The first-order valence-electron chi connectivity index (χ1n) is 9.49. The lowest BCUT2D eigenvalue weighted by atomic mass is 10.1. The fourth-order valence-electron chi connectivity index (χ4n) is 3.67. The van der Waals surface area contributed by atoms with Crippen LogP contribution in [0.4, 0.5) is 4.39 Å². The predicted molar refractivity (Wildman–Crippen MR) is 106 cm³/mol. The summed E-state index contributed by atoms with van der Waals surface area (Å²) in [6.07, 6.45) is 1.69. The molecule has 5 nitrogen and oxygen atoms in total. The normalized spacial score (nSPS) is 17.6. The molecule has 0 radical (unpaired) electrons. The van der Waals surface area contributed by atoms with Crippen molar-refractivity contribution < 1.29 is 9.18 Å². The lowest BCUT2D eigenvalue weighted by Crippen LogP contribution is -2.53. The summed E-state index contributed by atoms with van der Waals surface area (Å²) < 4.78 is 15.0. The zero-order valence-electron chi connectivity index (χ0n) is 15.8. The molecule has 0 unspecified atom stereocenters. The van der Waals surface area contributed by atoms with E-state index < -0.39 is 0 Å². The van der Waals surface area contributed by atoms with Crippen LogP contribution in [0.1, 0.15) is 23.0 Å². The van der Waals surface area contributed by atoms with Crippen LogP contribution in [0.3, 0.4) is 0 Å². The minimum absolute atomic E-state index is 0.0815. The second kappa shape index (κ2) is 7.94. The van der Waals surface area contributed by atoms with E-state index in [1.54, 1.807) is 24.4 Å². The second-order valence-electron chi connectivity index (χ2n) is 7.19. The molecule has 1 amide bonds. The molecule has 0 saturated carbocycles. The third-order valence-corrected chi connectivity index (χ3v) is 5.10. The number of carbonyl (C=O) groups is 1. The largest absolute Gasteiger partial charge is 0.332 e. The molecule has 0 N–H and O–H groups in total. The number of amides is 1. The van der Waals surface area contributed by atoms with Crippen LogP contribution in [0.2, 0.25) is 0 Å². The van der Waals surface area contributed by atoms with E-state index in [2.05, 4.69) is 29.1 Å². The van der Waals surface area contributed by atoms with Gasteiger partial charge in [-0.3, -0.25) is 9.69 Å². The van der Waals surface area contributed by atoms with Crippen LogP contribution < -0.4 is 0 Å². The highest BCUT2D eigenvalue weighted by Crippen LogP contribution is 2.17. The number of nitrogens with zero attached hydrogens (tertiary/aromatic N) is 4. The Morgan fingerprint density at radius 3 is 2.68 bits per heavy atom. The molecule has 144 valence electrons. The van der Waals surface area contributed by atoms with Gasteiger partial charge in [-0.05, 0) is 36.8 Å². The Labute approximate surface area is 164 Å². The Morgan fingerprint density at radius 1 is 1.11 bits per heavy atom. The highest BCUT2D eigenvalue weighted by molar-refractivity contribution is 5.92. The van der Waals surface area contributed by atoms with Gasteiger partial charge in [-0.25, -0.2) is 9.07 Å². The van der Waals surface area contributed by atoms with Crippen molar-refractivity contribution in [1.82, 2.24) is 19.6 Å². The molecule has 1 aromatic heterocycles. The van der Waals surface area contributed by atoms with Crippen LogP contribution in [-0.2, 0) is 6.54 Å². The molecule has 28 heavy (non-hydrogen) atoms.